The van der Waals surface area contributed by atoms with Crippen LogP contribution >= 0.6 is 0 Å². The first kappa shape index (κ1) is 21.5. The monoisotopic (exact) mass is 334 g/mol. The quantitative estimate of drug-likeness (QED) is 0.745. The summed E-state index contributed by atoms with van der Waals surface area (Å²) in [6.07, 6.45) is -1.23. The fourth-order valence-electron chi connectivity index (χ4n) is 1.43. The van der Waals surface area contributed by atoms with Gasteiger partial charge in [-0.25, -0.2) is 9.59 Å². The Morgan fingerprint density at radius 1 is 0.826 bits per heavy atom. The third-order valence-corrected chi connectivity index (χ3v) is 2.86. The van der Waals surface area contributed by atoms with Crippen LogP contribution < -0.4 is 0 Å². The minimum atomic E-state index is -0.895. The van der Waals surface area contributed by atoms with Crippen molar-refractivity contribution >= 4 is 12.3 Å². The molecule has 0 aromatic carbocycles. The molecule has 0 aromatic rings. The van der Waals surface area contributed by atoms with E-state index in [1.165, 1.54) is 0 Å². The first-order valence-corrected chi connectivity index (χ1v) is 7.65. The summed E-state index contributed by atoms with van der Waals surface area (Å²) in [6, 6.07) is 0. The average molecular weight is 334 g/mol. The summed E-state index contributed by atoms with van der Waals surface area (Å²) < 4.78 is 20.2. The second-order valence-electron chi connectivity index (χ2n) is 7.52. The van der Waals surface area contributed by atoms with Crippen LogP contribution in [-0.2, 0) is 18.9 Å². The van der Waals surface area contributed by atoms with E-state index in [1.807, 2.05) is 0 Å². The van der Waals surface area contributed by atoms with E-state index in [0.29, 0.717) is 6.42 Å². The molecular weight excluding hydrogens is 304 g/mol. The molecule has 0 bridgehead atoms. The predicted octanol–water partition coefficient (Wildman–Crippen LogP) is 3.28. The van der Waals surface area contributed by atoms with Gasteiger partial charge >= 0.3 is 12.3 Å². The molecule has 0 aliphatic heterocycles. The molecule has 0 radical (unpaired) electrons. The molecule has 0 heterocycles. The van der Waals surface area contributed by atoms with Gasteiger partial charge in [0, 0.05) is 0 Å². The van der Waals surface area contributed by atoms with Crippen LogP contribution in [-0.4, -0.2) is 48.4 Å². The molecule has 23 heavy (non-hydrogen) atoms. The lowest BCUT2D eigenvalue weighted by atomic mass is 9.88. The first-order valence-electron chi connectivity index (χ1n) is 7.65. The van der Waals surface area contributed by atoms with Gasteiger partial charge in [0.2, 0.25) is 0 Å². The number of carbonyl (C=O) groups is 2. The van der Waals surface area contributed by atoms with E-state index < -0.39 is 28.9 Å². The Labute approximate surface area is 138 Å². The highest BCUT2D eigenvalue weighted by Crippen LogP contribution is 2.24. The number of ether oxygens (including phenoxy) is 4. The van der Waals surface area contributed by atoms with E-state index in [9.17, 15) is 14.7 Å². The summed E-state index contributed by atoms with van der Waals surface area (Å²) in [5.74, 6) is 0. The maximum atomic E-state index is 11.6. The van der Waals surface area contributed by atoms with Gasteiger partial charge in [-0.05, 0) is 48.0 Å². The smallest absolute Gasteiger partial charge is 0.433 e. The molecule has 7 nitrogen and oxygen atoms in total. The molecule has 0 atom stereocenters. The predicted molar refractivity (Wildman–Crippen MR) is 84.2 cm³/mol. The molecule has 0 aromatic heterocycles. The van der Waals surface area contributed by atoms with E-state index in [0.717, 1.165) is 0 Å². The molecule has 7 heteroatoms. The summed E-state index contributed by atoms with van der Waals surface area (Å²) in [4.78, 5) is 23.2. The van der Waals surface area contributed by atoms with Crippen LogP contribution in [0.3, 0.4) is 0 Å². The summed E-state index contributed by atoms with van der Waals surface area (Å²) >= 11 is 0. The van der Waals surface area contributed by atoms with Gasteiger partial charge in [-0.3, -0.25) is 0 Å². The van der Waals surface area contributed by atoms with Gasteiger partial charge < -0.3 is 24.1 Å². The van der Waals surface area contributed by atoms with Crippen molar-refractivity contribution in [1.82, 2.24) is 0 Å². The van der Waals surface area contributed by atoms with Crippen LogP contribution in [0.5, 0.6) is 0 Å². The third-order valence-electron chi connectivity index (χ3n) is 2.86. The van der Waals surface area contributed by atoms with Crippen molar-refractivity contribution in [1.29, 1.82) is 0 Å². The Hall–Kier alpha value is -1.50. The molecule has 0 unspecified atom stereocenters. The molecule has 0 spiro atoms. The molecule has 136 valence electrons. The van der Waals surface area contributed by atoms with Gasteiger partial charge in [0.1, 0.15) is 24.4 Å². The van der Waals surface area contributed by atoms with Gasteiger partial charge in [0.05, 0.1) is 12.0 Å². The fraction of sp³-hybridized carbons (Fsp3) is 0.875. The Balaban J connectivity index is 4.57. The van der Waals surface area contributed by atoms with E-state index in [4.69, 9.17) is 18.9 Å². The van der Waals surface area contributed by atoms with E-state index >= 15 is 0 Å². The molecule has 1 N–H and O–H groups in total. The van der Waals surface area contributed by atoms with Crippen LogP contribution in [0, 0.1) is 5.41 Å². The number of aliphatic hydroxyl groups is 1. The van der Waals surface area contributed by atoms with Crippen molar-refractivity contribution in [2.45, 2.75) is 66.1 Å². The fourth-order valence-corrected chi connectivity index (χ4v) is 1.43. The minimum absolute atomic E-state index is 0.127. The average Bonchev–Trinajstić information content (AvgIpc) is 2.36. The van der Waals surface area contributed by atoms with Crippen LogP contribution in [0.15, 0.2) is 0 Å². The van der Waals surface area contributed by atoms with Gasteiger partial charge in [0.15, 0.2) is 0 Å². The molecule has 0 fully saturated rings. The largest absolute Gasteiger partial charge is 0.508 e. The molecule has 0 saturated carbocycles. The normalized spacial score (nSPS) is 12.5. The van der Waals surface area contributed by atoms with Crippen molar-refractivity contribution in [2.24, 2.45) is 5.41 Å². The van der Waals surface area contributed by atoms with E-state index in [1.54, 1.807) is 48.5 Å². The maximum absolute atomic E-state index is 11.6. The Bertz CT molecular complexity index is 352. The summed E-state index contributed by atoms with van der Waals surface area (Å²) in [6.45, 7) is 11.6. The second kappa shape index (κ2) is 8.38. The molecule has 0 saturated heterocycles. The topological polar surface area (TPSA) is 91.3 Å². The first-order chi connectivity index (χ1) is 10.3. The van der Waals surface area contributed by atoms with Crippen molar-refractivity contribution in [2.75, 3.05) is 19.8 Å². The lowest BCUT2D eigenvalue weighted by Gasteiger charge is -2.30. The Kier molecular flexibility index (Phi) is 7.83. The van der Waals surface area contributed by atoms with Crippen molar-refractivity contribution in [3.05, 3.63) is 0 Å². The molecule has 0 rings (SSSR count). The van der Waals surface area contributed by atoms with Gasteiger partial charge in [0.25, 0.3) is 0 Å². The Morgan fingerprint density at radius 3 is 1.39 bits per heavy atom. The molecule has 0 amide bonds. The highest BCUT2D eigenvalue weighted by atomic mass is 16.7. The van der Waals surface area contributed by atoms with E-state index in [2.05, 4.69) is 0 Å². The zero-order chi connectivity index (χ0) is 18.3. The summed E-state index contributed by atoms with van der Waals surface area (Å²) in [5.41, 5.74) is -2.23. The van der Waals surface area contributed by atoms with Crippen LogP contribution in [0.25, 0.3) is 0 Å². The zero-order valence-electron chi connectivity index (χ0n) is 15.2. The highest BCUT2D eigenvalue weighted by Gasteiger charge is 2.33. The SMILES string of the molecule is CCC(CO)(COC(=O)OC(C)(C)C)COC(=O)OC(C)(C)C. The van der Waals surface area contributed by atoms with Crippen LogP contribution in [0.4, 0.5) is 9.59 Å². The Morgan fingerprint density at radius 2 is 1.17 bits per heavy atom. The van der Waals surface area contributed by atoms with E-state index in [-0.39, 0.29) is 19.8 Å². The van der Waals surface area contributed by atoms with Crippen LogP contribution in [0.1, 0.15) is 54.9 Å². The van der Waals surface area contributed by atoms with Gasteiger partial charge in [-0.15, -0.1) is 0 Å². The number of carbonyl (C=O) groups excluding carboxylic acids is 2. The van der Waals surface area contributed by atoms with Gasteiger partial charge in [-0.1, -0.05) is 6.92 Å². The van der Waals surface area contributed by atoms with Crippen molar-refractivity contribution in [3.8, 4) is 0 Å². The third kappa shape index (κ3) is 9.99. The number of hydrogen-bond acceptors (Lipinski definition) is 7. The zero-order valence-corrected chi connectivity index (χ0v) is 15.2. The summed E-state index contributed by atoms with van der Waals surface area (Å²) in [7, 11) is 0. The lowest BCUT2D eigenvalue weighted by molar-refractivity contribution is -0.0674. The lowest BCUT2D eigenvalue weighted by Crippen LogP contribution is -2.39. The number of hydrogen-bond donors (Lipinski definition) is 1. The molecule has 0 aliphatic rings. The molecule has 0 aliphatic carbocycles. The second-order valence-corrected chi connectivity index (χ2v) is 7.52. The van der Waals surface area contributed by atoms with Crippen molar-refractivity contribution < 1.29 is 33.6 Å². The van der Waals surface area contributed by atoms with Crippen molar-refractivity contribution in [3.63, 3.8) is 0 Å². The van der Waals surface area contributed by atoms with Gasteiger partial charge in [-0.2, -0.15) is 0 Å². The number of aliphatic hydroxyl groups excluding tert-OH is 1. The molecular formula is C16H30O7. The minimum Gasteiger partial charge on any atom is -0.433 e. The number of rotatable bonds is 6. The standard InChI is InChI=1S/C16H30O7/c1-8-16(9-17,10-20-12(18)22-14(2,3)4)11-21-13(19)23-15(5,6)7/h17H,8-11H2,1-7H3. The summed E-state index contributed by atoms with van der Waals surface area (Å²) in [5, 5.41) is 9.60. The highest BCUT2D eigenvalue weighted by molar-refractivity contribution is 5.61. The maximum Gasteiger partial charge on any atom is 0.508 e. The van der Waals surface area contributed by atoms with Crippen LogP contribution in [0.2, 0.25) is 0 Å².